The van der Waals surface area contributed by atoms with Gasteiger partial charge in [0.1, 0.15) is 11.3 Å². The van der Waals surface area contributed by atoms with E-state index in [2.05, 4.69) is 11.9 Å². The highest BCUT2D eigenvalue weighted by atomic mass is 16.5. The fourth-order valence-corrected chi connectivity index (χ4v) is 1.66. The van der Waals surface area contributed by atoms with Crippen molar-refractivity contribution in [2.24, 2.45) is 0 Å². The van der Waals surface area contributed by atoms with Crippen LogP contribution in [0.5, 0.6) is 5.75 Å². The number of likely N-dealkylation sites (N-methyl/N-ethyl adjacent to an activating group) is 1. The van der Waals surface area contributed by atoms with Crippen LogP contribution in [0.3, 0.4) is 0 Å². The third-order valence-electron chi connectivity index (χ3n) is 2.70. The number of benzene rings is 1. The maximum Gasteiger partial charge on any atom is 0.339 e. The van der Waals surface area contributed by atoms with Gasteiger partial charge in [-0.1, -0.05) is 6.08 Å². The molecule has 1 aromatic rings. The largest absolute Gasteiger partial charge is 0.496 e. The molecule has 0 heterocycles. The van der Waals surface area contributed by atoms with Crippen molar-refractivity contribution in [2.45, 2.75) is 6.92 Å². The Morgan fingerprint density at radius 3 is 2.70 bits per heavy atom. The molecule has 1 rings (SSSR count). The van der Waals surface area contributed by atoms with E-state index in [-0.39, 0.29) is 17.3 Å². The lowest BCUT2D eigenvalue weighted by atomic mass is 10.2. The summed E-state index contributed by atoms with van der Waals surface area (Å²) in [6.45, 7) is 6.43. The minimum atomic E-state index is -1.08. The molecule has 0 radical (unpaired) electrons. The normalized spacial score (nSPS) is 9.70. The number of carbonyl (C=O) groups excluding carboxylic acids is 1. The number of aromatic carboxylic acids is 1. The van der Waals surface area contributed by atoms with Crippen molar-refractivity contribution in [3.8, 4) is 5.75 Å². The second-order valence-electron chi connectivity index (χ2n) is 3.98. The molecule has 0 bridgehead atoms. The number of ether oxygens (including phenoxy) is 1. The predicted molar refractivity (Wildman–Crippen MR) is 76.4 cm³/mol. The molecule has 0 unspecified atom stereocenters. The summed E-state index contributed by atoms with van der Waals surface area (Å²) in [5.41, 5.74) is 0.517. The van der Waals surface area contributed by atoms with Crippen LogP contribution in [0.4, 0.5) is 10.5 Å². The van der Waals surface area contributed by atoms with E-state index in [4.69, 9.17) is 9.84 Å². The summed E-state index contributed by atoms with van der Waals surface area (Å²) in [5, 5.41) is 11.7. The van der Waals surface area contributed by atoms with E-state index in [1.165, 1.54) is 25.3 Å². The Labute approximate surface area is 117 Å². The molecule has 20 heavy (non-hydrogen) atoms. The number of urea groups is 1. The van der Waals surface area contributed by atoms with E-state index in [9.17, 15) is 9.59 Å². The molecule has 108 valence electrons. The average Bonchev–Trinajstić information content (AvgIpc) is 2.44. The molecular weight excluding hydrogens is 260 g/mol. The summed E-state index contributed by atoms with van der Waals surface area (Å²) in [5.74, 6) is -0.886. The van der Waals surface area contributed by atoms with E-state index in [1.807, 2.05) is 6.92 Å². The van der Waals surface area contributed by atoms with Crippen molar-refractivity contribution < 1.29 is 19.4 Å². The highest BCUT2D eigenvalue weighted by Crippen LogP contribution is 2.23. The summed E-state index contributed by atoms with van der Waals surface area (Å²) >= 11 is 0. The van der Waals surface area contributed by atoms with Crippen LogP contribution in [0.25, 0.3) is 0 Å². The summed E-state index contributed by atoms with van der Waals surface area (Å²) in [6, 6.07) is 4.10. The van der Waals surface area contributed by atoms with Gasteiger partial charge < -0.3 is 20.1 Å². The standard InChI is InChI=1S/C14H18N2O4/c1-4-8-16(5-2)14(19)15-10-6-7-11(13(17)18)12(9-10)20-3/h4,6-7,9H,1,5,8H2,2-3H3,(H,15,19)(H,17,18). The van der Waals surface area contributed by atoms with Gasteiger partial charge in [-0.25, -0.2) is 9.59 Å². The molecule has 0 saturated heterocycles. The molecule has 6 nitrogen and oxygen atoms in total. The highest BCUT2D eigenvalue weighted by Gasteiger charge is 2.14. The van der Waals surface area contributed by atoms with Gasteiger partial charge in [-0.15, -0.1) is 6.58 Å². The van der Waals surface area contributed by atoms with Gasteiger partial charge in [-0.3, -0.25) is 0 Å². The zero-order valence-electron chi connectivity index (χ0n) is 11.5. The Balaban J connectivity index is 2.90. The van der Waals surface area contributed by atoms with E-state index in [0.717, 1.165) is 0 Å². The SMILES string of the molecule is C=CCN(CC)C(=O)Nc1ccc(C(=O)O)c(OC)c1. The zero-order chi connectivity index (χ0) is 15.1. The number of hydrogen-bond donors (Lipinski definition) is 2. The molecule has 0 aliphatic rings. The van der Waals surface area contributed by atoms with Crippen LogP contribution in [0.15, 0.2) is 30.9 Å². The lowest BCUT2D eigenvalue weighted by Gasteiger charge is -2.19. The quantitative estimate of drug-likeness (QED) is 0.783. The van der Waals surface area contributed by atoms with E-state index >= 15 is 0 Å². The Morgan fingerprint density at radius 1 is 1.50 bits per heavy atom. The molecule has 1 aromatic carbocycles. The first-order valence-corrected chi connectivity index (χ1v) is 6.11. The molecule has 2 N–H and O–H groups in total. The van der Waals surface area contributed by atoms with Crippen LogP contribution >= 0.6 is 0 Å². The van der Waals surface area contributed by atoms with Crippen molar-refractivity contribution in [1.29, 1.82) is 0 Å². The number of amides is 2. The van der Waals surface area contributed by atoms with Crippen LogP contribution in [0, 0.1) is 0 Å². The van der Waals surface area contributed by atoms with Gasteiger partial charge >= 0.3 is 12.0 Å². The van der Waals surface area contributed by atoms with Gasteiger partial charge in [0.2, 0.25) is 0 Å². The Hall–Kier alpha value is -2.50. The van der Waals surface area contributed by atoms with Crippen molar-refractivity contribution in [2.75, 3.05) is 25.5 Å². The first kappa shape index (κ1) is 15.6. The number of hydrogen-bond acceptors (Lipinski definition) is 3. The maximum absolute atomic E-state index is 12.0. The zero-order valence-corrected chi connectivity index (χ0v) is 11.5. The number of carboxylic acid groups (broad SMARTS) is 1. The van der Waals surface area contributed by atoms with Gasteiger partial charge in [-0.2, -0.15) is 0 Å². The fourth-order valence-electron chi connectivity index (χ4n) is 1.66. The van der Waals surface area contributed by atoms with Crippen molar-refractivity contribution in [3.63, 3.8) is 0 Å². The first-order valence-electron chi connectivity index (χ1n) is 6.11. The second kappa shape index (κ2) is 7.18. The van der Waals surface area contributed by atoms with E-state index in [0.29, 0.717) is 18.8 Å². The van der Waals surface area contributed by atoms with Crippen LogP contribution in [0.2, 0.25) is 0 Å². The topological polar surface area (TPSA) is 78.9 Å². The molecular formula is C14H18N2O4. The minimum absolute atomic E-state index is 0.0453. The molecule has 0 atom stereocenters. The molecule has 0 fully saturated rings. The summed E-state index contributed by atoms with van der Waals surface area (Å²) in [6.07, 6.45) is 1.64. The van der Waals surface area contributed by atoms with Crippen LogP contribution in [-0.4, -0.2) is 42.2 Å². The van der Waals surface area contributed by atoms with Gasteiger partial charge in [0.25, 0.3) is 0 Å². The lowest BCUT2D eigenvalue weighted by molar-refractivity contribution is 0.0693. The Kier molecular flexibility index (Phi) is 5.58. The summed E-state index contributed by atoms with van der Waals surface area (Å²) in [4.78, 5) is 24.5. The Morgan fingerprint density at radius 2 is 2.20 bits per heavy atom. The van der Waals surface area contributed by atoms with Crippen molar-refractivity contribution >= 4 is 17.7 Å². The molecule has 6 heteroatoms. The number of carbonyl (C=O) groups is 2. The summed E-state index contributed by atoms with van der Waals surface area (Å²) < 4.78 is 5.00. The fraction of sp³-hybridized carbons (Fsp3) is 0.286. The Bertz CT molecular complexity index is 514. The number of carboxylic acids is 1. The second-order valence-corrected chi connectivity index (χ2v) is 3.98. The highest BCUT2D eigenvalue weighted by molar-refractivity contribution is 5.94. The van der Waals surface area contributed by atoms with Crippen molar-refractivity contribution in [3.05, 3.63) is 36.4 Å². The molecule has 0 saturated carbocycles. The monoisotopic (exact) mass is 278 g/mol. The molecule has 0 aromatic heterocycles. The number of rotatable bonds is 6. The number of anilines is 1. The number of methoxy groups -OCH3 is 1. The van der Waals surface area contributed by atoms with Crippen LogP contribution < -0.4 is 10.1 Å². The van der Waals surface area contributed by atoms with Gasteiger partial charge in [0.15, 0.2) is 0 Å². The number of nitrogens with one attached hydrogen (secondary N) is 1. The number of nitrogens with zero attached hydrogens (tertiary/aromatic N) is 1. The predicted octanol–water partition coefficient (Wildman–Crippen LogP) is 2.43. The third kappa shape index (κ3) is 3.74. The molecule has 2 amide bonds. The van der Waals surface area contributed by atoms with E-state index < -0.39 is 5.97 Å². The molecule has 0 aliphatic carbocycles. The van der Waals surface area contributed by atoms with E-state index in [1.54, 1.807) is 11.0 Å². The summed E-state index contributed by atoms with van der Waals surface area (Å²) in [7, 11) is 1.38. The first-order chi connectivity index (χ1) is 9.53. The maximum atomic E-state index is 12.0. The van der Waals surface area contributed by atoms with Gasteiger partial charge in [0.05, 0.1) is 7.11 Å². The average molecular weight is 278 g/mol. The molecule has 0 spiro atoms. The van der Waals surface area contributed by atoms with Gasteiger partial charge in [0, 0.05) is 24.8 Å². The van der Waals surface area contributed by atoms with Crippen LogP contribution in [0.1, 0.15) is 17.3 Å². The van der Waals surface area contributed by atoms with Gasteiger partial charge in [-0.05, 0) is 19.1 Å². The molecule has 0 aliphatic heterocycles. The smallest absolute Gasteiger partial charge is 0.339 e. The lowest BCUT2D eigenvalue weighted by Crippen LogP contribution is -2.34. The minimum Gasteiger partial charge on any atom is -0.496 e. The van der Waals surface area contributed by atoms with Crippen LogP contribution in [-0.2, 0) is 0 Å². The third-order valence-corrected chi connectivity index (χ3v) is 2.70. The van der Waals surface area contributed by atoms with Crippen molar-refractivity contribution in [1.82, 2.24) is 4.90 Å².